The van der Waals surface area contributed by atoms with E-state index >= 15 is 0 Å². The number of nitro groups is 1. The molecule has 0 aliphatic carbocycles. The van der Waals surface area contributed by atoms with Gasteiger partial charge in [0.05, 0.1) is 17.1 Å². The molecular weight excluding hydrogens is 208 g/mol. The molecule has 1 aromatic rings. The molecule has 0 unspecified atom stereocenters. The number of hydrogen-bond acceptors (Lipinski definition) is 3. The Labute approximate surface area is 84.3 Å². The van der Waals surface area contributed by atoms with Gasteiger partial charge in [-0.05, 0) is 18.6 Å². The standard InChI is InChI=1S/C9H9F2NO3/c1-5(13)2-6-3-8(11)9(12(14)15)4-7(6)10/h3-5,13H,2H2,1H3/t5-/m1/s1. The number of nitro benzene ring substituents is 1. The summed E-state index contributed by atoms with van der Waals surface area (Å²) in [7, 11) is 0. The normalized spacial score (nSPS) is 12.5. The third-order valence-corrected chi connectivity index (χ3v) is 1.83. The summed E-state index contributed by atoms with van der Waals surface area (Å²) in [4.78, 5) is 9.26. The van der Waals surface area contributed by atoms with E-state index in [1.165, 1.54) is 6.92 Å². The van der Waals surface area contributed by atoms with Crippen molar-refractivity contribution in [1.29, 1.82) is 0 Å². The second kappa shape index (κ2) is 4.31. The number of benzene rings is 1. The molecule has 0 heterocycles. The topological polar surface area (TPSA) is 63.4 Å². The molecule has 6 heteroatoms. The zero-order chi connectivity index (χ0) is 11.6. The predicted molar refractivity (Wildman–Crippen MR) is 48.4 cm³/mol. The lowest BCUT2D eigenvalue weighted by Crippen LogP contribution is -2.07. The summed E-state index contributed by atoms with van der Waals surface area (Å²) in [5, 5.41) is 19.2. The van der Waals surface area contributed by atoms with Crippen LogP contribution in [0, 0.1) is 21.7 Å². The molecule has 1 rings (SSSR count). The van der Waals surface area contributed by atoms with Gasteiger partial charge in [-0.25, -0.2) is 4.39 Å². The van der Waals surface area contributed by atoms with Crippen molar-refractivity contribution >= 4 is 5.69 Å². The van der Waals surface area contributed by atoms with E-state index in [-0.39, 0.29) is 12.0 Å². The predicted octanol–water partition coefficient (Wildman–Crippen LogP) is 1.80. The minimum Gasteiger partial charge on any atom is -0.393 e. The summed E-state index contributed by atoms with van der Waals surface area (Å²) >= 11 is 0. The van der Waals surface area contributed by atoms with Gasteiger partial charge in [0.25, 0.3) is 0 Å². The Morgan fingerprint density at radius 2 is 2.07 bits per heavy atom. The highest BCUT2D eigenvalue weighted by Crippen LogP contribution is 2.22. The van der Waals surface area contributed by atoms with Gasteiger partial charge in [-0.2, -0.15) is 4.39 Å². The summed E-state index contributed by atoms with van der Waals surface area (Å²) in [5.74, 6) is -1.99. The van der Waals surface area contributed by atoms with Crippen LogP contribution in [0.1, 0.15) is 12.5 Å². The highest BCUT2D eigenvalue weighted by Gasteiger charge is 2.18. The van der Waals surface area contributed by atoms with Gasteiger partial charge in [0.1, 0.15) is 5.82 Å². The first-order chi connectivity index (χ1) is 6.91. The molecule has 82 valence electrons. The van der Waals surface area contributed by atoms with E-state index in [4.69, 9.17) is 5.11 Å². The Hall–Kier alpha value is -1.56. The van der Waals surface area contributed by atoms with Gasteiger partial charge in [-0.1, -0.05) is 0 Å². The highest BCUT2D eigenvalue weighted by molar-refractivity contribution is 5.36. The minimum absolute atomic E-state index is 0.0758. The molecule has 0 aliphatic rings. The summed E-state index contributed by atoms with van der Waals surface area (Å²) < 4.78 is 26.2. The van der Waals surface area contributed by atoms with E-state index < -0.39 is 28.3 Å². The van der Waals surface area contributed by atoms with Crippen molar-refractivity contribution in [2.24, 2.45) is 0 Å². The highest BCUT2D eigenvalue weighted by atomic mass is 19.1. The molecule has 1 aromatic carbocycles. The average Bonchev–Trinajstić information content (AvgIpc) is 2.09. The third kappa shape index (κ3) is 2.69. The molecule has 15 heavy (non-hydrogen) atoms. The fourth-order valence-electron chi connectivity index (χ4n) is 1.19. The summed E-state index contributed by atoms with van der Waals surface area (Å²) in [5.41, 5.74) is -0.977. The van der Waals surface area contributed by atoms with Crippen molar-refractivity contribution in [2.45, 2.75) is 19.4 Å². The van der Waals surface area contributed by atoms with Crippen molar-refractivity contribution < 1.29 is 18.8 Å². The van der Waals surface area contributed by atoms with Crippen LogP contribution in [-0.4, -0.2) is 16.1 Å². The summed E-state index contributed by atoms with van der Waals surface area (Å²) in [6.07, 6.45) is -0.916. The van der Waals surface area contributed by atoms with Crippen molar-refractivity contribution in [3.63, 3.8) is 0 Å². The summed E-state index contributed by atoms with van der Waals surface area (Å²) in [6, 6.07) is 1.26. The lowest BCUT2D eigenvalue weighted by atomic mass is 10.1. The Morgan fingerprint density at radius 1 is 1.47 bits per heavy atom. The number of aliphatic hydroxyl groups is 1. The second-order valence-corrected chi connectivity index (χ2v) is 3.21. The number of hydrogen-bond donors (Lipinski definition) is 1. The SMILES string of the molecule is C[C@@H](O)Cc1cc(F)c([N+](=O)[O-])cc1F. The number of nitrogens with zero attached hydrogens (tertiary/aromatic N) is 1. The zero-order valence-electron chi connectivity index (χ0n) is 7.91. The van der Waals surface area contributed by atoms with Crippen LogP contribution in [0.25, 0.3) is 0 Å². The van der Waals surface area contributed by atoms with Crippen LogP contribution >= 0.6 is 0 Å². The van der Waals surface area contributed by atoms with Gasteiger partial charge >= 0.3 is 5.69 Å². The maximum Gasteiger partial charge on any atom is 0.307 e. The molecule has 0 bridgehead atoms. The minimum atomic E-state index is -1.10. The van der Waals surface area contributed by atoms with E-state index in [1.807, 2.05) is 0 Å². The monoisotopic (exact) mass is 217 g/mol. The first-order valence-electron chi connectivity index (χ1n) is 4.22. The van der Waals surface area contributed by atoms with Crippen LogP contribution in [0.5, 0.6) is 0 Å². The molecule has 0 fully saturated rings. The van der Waals surface area contributed by atoms with E-state index in [9.17, 15) is 18.9 Å². The fraction of sp³-hybridized carbons (Fsp3) is 0.333. The molecule has 4 nitrogen and oxygen atoms in total. The van der Waals surface area contributed by atoms with Crippen LogP contribution in [0.15, 0.2) is 12.1 Å². The molecule has 0 spiro atoms. The van der Waals surface area contributed by atoms with E-state index in [1.54, 1.807) is 0 Å². The van der Waals surface area contributed by atoms with Gasteiger partial charge < -0.3 is 5.11 Å². The molecule has 0 aromatic heterocycles. The zero-order valence-corrected chi connectivity index (χ0v) is 7.91. The van der Waals surface area contributed by atoms with Gasteiger partial charge in [0, 0.05) is 6.42 Å². The maximum absolute atomic E-state index is 13.2. The first-order valence-corrected chi connectivity index (χ1v) is 4.22. The Bertz CT molecular complexity index is 393. The Morgan fingerprint density at radius 3 is 2.53 bits per heavy atom. The van der Waals surface area contributed by atoms with E-state index in [2.05, 4.69) is 0 Å². The molecular formula is C9H9F2NO3. The fourth-order valence-corrected chi connectivity index (χ4v) is 1.19. The van der Waals surface area contributed by atoms with Crippen molar-refractivity contribution in [2.75, 3.05) is 0 Å². The molecule has 0 radical (unpaired) electrons. The lowest BCUT2D eigenvalue weighted by Gasteiger charge is -2.05. The Kier molecular flexibility index (Phi) is 3.31. The van der Waals surface area contributed by atoms with Crippen LogP contribution in [0.3, 0.4) is 0 Å². The molecule has 0 saturated heterocycles. The van der Waals surface area contributed by atoms with Gasteiger partial charge in [-0.15, -0.1) is 0 Å². The molecule has 1 N–H and O–H groups in total. The molecule has 0 saturated carbocycles. The van der Waals surface area contributed by atoms with Gasteiger partial charge in [0.2, 0.25) is 5.82 Å². The van der Waals surface area contributed by atoms with Crippen LogP contribution in [0.4, 0.5) is 14.5 Å². The summed E-state index contributed by atoms with van der Waals surface area (Å²) in [6.45, 7) is 1.42. The smallest absolute Gasteiger partial charge is 0.307 e. The van der Waals surface area contributed by atoms with Crippen LogP contribution in [-0.2, 0) is 6.42 Å². The number of rotatable bonds is 3. The third-order valence-electron chi connectivity index (χ3n) is 1.83. The van der Waals surface area contributed by atoms with Gasteiger partial charge in [-0.3, -0.25) is 10.1 Å². The van der Waals surface area contributed by atoms with Crippen molar-refractivity contribution in [3.8, 4) is 0 Å². The number of halogens is 2. The maximum atomic E-state index is 13.2. The largest absolute Gasteiger partial charge is 0.393 e. The van der Waals surface area contributed by atoms with Crippen molar-refractivity contribution in [1.82, 2.24) is 0 Å². The average molecular weight is 217 g/mol. The number of aliphatic hydroxyl groups excluding tert-OH is 1. The first kappa shape index (κ1) is 11.5. The Balaban J connectivity index is 3.13. The van der Waals surface area contributed by atoms with Crippen LogP contribution in [0.2, 0.25) is 0 Å². The lowest BCUT2D eigenvalue weighted by molar-refractivity contribution is -0.387. The van der Waals surface area contributed by atoms with E-state index in [0.717, 1.165) is 6.07 Å². The molecule has 1 atom stereocenters. The quantitative estimate of drug-likeness (QED) is 0.620. The van der Waals surface area contributed by atoms with E-state index in [0.29, 0.717) is 6.07 Å². The van der Waals surface area contributed by atoms with Crippen LogP contribution < -0.4 is 0 Å². The molecule has 0 amide bonds. The second-order valence-electron chi connectivity index (χ2n) is 3.21. The molecule has 0 aliphatic heterocycles. The van der Waals surface area contributed by atoms with Gasteiger partial charge in [0.15, 0.2) is 0 Å². The van der Waals surface area contributed by atoms with Crippen molar-refractivity contribution in [3.05, 3.63) is 39.4 Å².